The molecule has 1 atom stereocenters. The number of hydrogen-bond acceptors (Lipinski definition) is 8. The van der Waals surface area contributed by atoms with Gasteiger partial charge in [-0.2, -0.15) is 0 Å². The highest BCUT2D eigenvalue weighted by Gasteiger charge is 2.37. The summed E-state index contributed by atoms with van der Waals surface area (Å²) in [6, 6.07) is 0. The van der Waals surface area contributed by atoms with Crippen molar-refractivity contribution in [2.24, 2.45) is 5.16 Å². The van der Waals surface area contributed by atoms with E-state index in [1.54, 1.807) is 0 Å². The van der Waals surface area contributed by atoms with E-state index in [9.17, 15) is 9.59 Å². The van der Waals surface area contributed by atoms with E-state index in [1.165, 1.54) is 19.4 Å². The molecule has 0 fully saturated rings. The van der Waals surface area contributed by atoms with Gasteiger partial charge in [0.05, 0.1) is 11.5 Å². The molecule has 0 radical (unpaired) electrons. The maximum atomic E-state index is 11.6. The highest BCUT2D eigenvalue weighted by molar-refractivity contribution is 14.1. The molecule has 3 N–H and O–H groups in total. The van der Waals surface area contributed by atoms with Crippen LogP contribution in [0.15, 0.2) is 10.5 Å². The largest absolute Gasteiger partial charge is 0.476 e. The van der Waals surface area contributed by atoms with Crippen LogP contribution in [0.25, 0.3) is 0 Å². The van der Waals surface area contributed by atoms with Crippen LogP contribution in [-0.2, 0) is 19.2 Å². The first kappa shape index (κ1) is 16.6. The molecule has 0 amide bonds. The van der Waals surface area contributed by atoms with Crippen LogP contribution in [0.3, 0.4) is 0 Å². The zero-order chi connectivity index (χ0) is 15.3. The maximum Gasteiger partial charge on any atom is 0.360 e. The van der Waals surface area contributed by atoms with E-state index in [1.807, 2.05) is 22.6 Å². The summed E-state index contributed by atoms with van der Waals surface area (Å²) in [5, 5.41) is 14.3. The lowest BCUT2D eigenvalue weighted by atomic mass is 10.1. The number of nitrogen functional groups attached to an aromatic ring is 1. The summed E-state index contributed by atoms with van der Waals surface area (Å²) >= 11 is 2.99. The van der Waals surface area contributed by atoms with Gasteiger partial charge in [-0.05, 0) is 6.92 Å². The monoisotopic (exact) mass is 413 g/mol. The Morgan fingerprint density at radius 2 is 2.30 bits per heavy atom. The normalized spacial score (nSPS) is 14.4. The lowest BCUT2D eigenvalue weighted by Gasteiger charge is -2.21. The summed E-state index contributed by atoms with van der Waals surface area (Å²) in [6.45, 7) is 1.45. The molecule has 0 bridgehead atoms. The van der Waals surface area contributed by atoms with Crippen LogP contribution in [0.1, 0.15) is 12.6 Å². The van der Waals surface area contributed by atoms with Gasteiger partial charge in [0, 0.05) is 5.38 Å². The van der Waals surface area contributed by atoms with Crippen molar-refractivity contribution < 1.29 is 24.3 Å². The van der Waals surface area contributed by atoms with E-state index in [0.717, 1.165) is 11.3 Å². The zero-order valence-electron chi connectivity index (χ0n) is 10.6. The Kier molecular flexibility index (Phi) is 5.68. The number of thiazole rings is 1. The number of halogens is 1. The summed E-state index contributed by atoms with van der Waals surface area (Å²) in [4.78, 5) is 31.6. The Hall–Kier alpha value is -1.43. The number of esters is 1. The summed E-state index contributed by atoms with van der Waals surface area (Å²) in [5.41, 5.74) is 3.70. The number of carbonyl (C=O) groups excluding carboxylic acids is 1. The van der Waals surface area contributed by atoms with Crippen molar-refractivity contribution in [3.8, 4) is 0 Å². The van der Waals surface area contributed by atoms with Gasteiger partial charge in [0.2, 0.25) is 11.3 Å². The van der Waals surface area contributed by atoms with Crippen LogP contribution in [0, 0.1) is 0 Å². The fourth-order valence-corrected chi connectivity index (χ4v) is 2.07. The summed E-state index contributed by atoms with van der Waals surface area (Å²) in [6.07, 6.45) is 0. The van der Waals surface area contributed by atoms with E-state index in [0.29, 0.717) is 0 Å². The maximum absolute atomic E-state index is 11.6. The van der Waals surface area contributed by atoms with Gasteiger partial charge in [-0.3, -0.25) is 0 Å². The fraction of sp³-hybridized carbons (Fsp3) is 0.400. The molecule has 0 aromatic carbocycles. The minimum Gasteiger partial charge on any atom is -0.476 e. The number of carboxylic acids is 1. The molecule has 1 rings (SSSR count). The Balaban J connectivity index is 3.04. The van der Waals surface area contributed by atoms with Gasteiger partial charge in [0.1, 0.15) is 5.69 Å². The number of rotatable bonds is 6. The highest BCUT2D eigenvalue weighted by Crippen LogP contribution is 2.18. The molecule has 110 valence electrons. The molecular weight excluding hydrogens is 401 g/mol. The minimum atomic E-state index is -1.38. The molecule has 1 aromatic heterocycles. The molecule has 0 saturated carbocycles. The van der Waals surface area contributed by atoms with E-state index in [2.05, 4.69) is 14.9 Å². The first-order valence-electron chi connectivity index (χ1n) is 5.19. The molecule has 1 aromatic rings. The molecular formula is C10H12IN3O5S. The number of hydrogen-bond donors (Lipinski definition) is 2. The lowest BCUT2D eigenvalue weighted by Crippen LogP contribution is -2.40. The molecule has 20 heavy (non-hydrogen) atoms. The number of methoxy groups -OCH3 is 1. The number of nitrogens with zero attached hydrogens (tertiary/aromatic N) is 2. The van der Waals surface area contributed by atoms with Crippen molar-refractivity contribution in [1.82, 2.24) is 4.98 Å². The van der Waals surface area contributed by atoms with Gasteiger partial charge in [-0.15, -0.1) is 11.3 Å². The average Bonchev–Trinajstić information content (AvgIpc) is 2.83. The second-order valence-electron chi connectivity index (χ2n) is 3.76. The molecule has 8 nitrogen and oxygen atoms in total. The number of aliphatic carboxylic acids is 1. The number of nitrogens with two attached hydrogens (primary N) is 1. The van der Waals surface area contributed by atoms with Crippen molar-refractivity contribution in [3.63, 3.8) is 0 Å². The third kappa shape index (κ3) is 3.79. The van der Waals surface area contributed by atoms with Crippen LogP contribution < -0.4 is 5.73 Å². The second kappa shape index (κ2) is 6.83. The molecule has 1 heterocycles. The number of aromatic nitrogens is 1. The zero-order valence-corrected chi connectivity index (χ0v) is 13.6. The van der Waals surface area contributed by atoms with E-state index in [-0.39, 0.29) is 15.3 Å². The van der Waals surface area contributed by atoms with Crippen molar-refractivity contribution in [2.75, 3.05) is 17.3 Å². The van der Waals surface area contributed by atoms with Gasteiger partial charge < -0.3 is 20.4 Å². The van der Waals surface area contributed by atoms with Crippen molar-refractivity contribution in [3.05, 3.63) is 11.1 Å². The van der Waals surface area contributed by atoms with Gasteiger partial charge in [0.25, 0.3) is 0 Å². The number of carboxylic acid groups (broad SMARTS) is 1. The van der Waals surface area contributed by atoms with Crippen molar-refractivity contribution >= 4 is 56.7 Å². The standard InChI is InChI=1S/C10H12IN3O5S/c1-10(4-11,8(17)18-2)19-14-6(7(15)16)5-3-20-9(12)13-5/h3H,4H2,1-2H3,(H2,12,13)(H,15,16). The molecule has 0 aliphatic carbocycles. The summed E-state index contributed by atoms with van der Waals surface area (Å²) < 4.78 is 4.82. The Morgan fingerprint density at radius 3 is 2.70 bits per heavy atom. The molecule has 10 heteroatoms. The van der Waals surface area contributed by atoms with Crippen molar-refractivity contribution in [2.45, 2.75) is 12.5 Å². The van der Waals surface area contributed by atoms with Gasteiger partial charge >= 0.3 is 11.9 Å². The Labute approximate surface area is 132 Å². The molecule has 0 aliphatic rings. The Morgan fingerprint density at radius 1 is 1.65 bits per heavy atom. The van der Waals surface area contributed by atoms with Crippen LogP contribution in [0.4, 0.5) is 5.13 Å². The molecule has 1 unspecified atom stereocenters. The van der Waals surface area contributed by atoms with Gasteiger partial charge in [-0.1, -0.05) is 27.7 Å². The molecule has 0 saturated heterocycles. The van der Waals surface area contributed by atoms with Gasteiger partial charge in [-0.25, -0.2) is 14.6 Å². The average molecular weight is 413 g/mol. The summed E-state index contributed by atoms with van der Waals surface area (Å²) in [5.74, 6) is -1.99. The third-order valence-corrected chi connectivity index (χ3v) is 4.31. The van der Waals surface area contributed by atoms with E-state index >= 15 is 0 Å². The quantitative estimate of drug-likeness (QED) is 0.233. The summed E-state index contributed by atoms with van der Waals surface area (Å²) in [7, 11) is 1.21. The predicted molar refractivity (Wildman–Crippen MR) is 81.1 cm³/mol. The van der Waals surface area contributed by atoms with Crippen LogP contribution in [0.5, 0.6) is 0 Å². The smallest absolute Gasteiger partial charge is 0.360 e. The number of alkyl halides is 1. The number of ether oxygens (including phenoxy) is 1. The number of oxime groups is 1. The predicted octanol–water partition coefficient (Wildman–Crippen LogP) is 0.897. The Bertz CT molecular complexity index is 547. The number of anilines is 1. The highest BCUT2D eigenvalue weighted by atomic mass is 127. The number of carbonyl (C=O) groups is 2. The second-order valence-corrected chi connectivity index (χ2v) is 5.42. The third-order valence-electron chi connectivity index (χ3n) is 2.18. The molecule has 0 spiro atoms. The lowest BCUT2D eigenvalue weighted by molar-refractivity contribution is -0.164. The topological polar surface area (TPSA) is 124 Å². The SMILES string of the molecule is COC(=O)C(C)(CI)ON=C(C(=O)O)c1csc(N)n1. The first-order valence-corrected chi connectivity index (χ1v) is 7.59. The van der Waals surface area contributed by atoms with Crippen LogP contribution in [-0.4, -0.2) is 44.9 Å². The first-order chi connectivity index (χ1) is 9.34. The fourth-order valence-electron chi connectivity index (χ4n) is 1.07. The van der Waals surface area contributed by atoms with E-state index < -0.39 is 23.3 Å². The van der Waals surface area contributed by atoms with Crippen LogP contribution >= 0.6 is 33.9 Å². The molecule has 0 aliphatic heterocycles. The van der Waals surface area contributed by atoms with Crippen molar-refractivity contribution in [1.29, 1.82) is 0 Å². The van der Waals surface area contributed by atoms with E-state index in [4.69, 9.17) is 15.7 Å². The van der Waals surface area contributed by atoms with Gasteiger partial charge in [0.15, 0.2) is 5.13 Å². The minimum absolute atomic E-state index is 0.0701. The van der Waals surface area contributed by atoms with Crippen LogP contribution in [0.2, 0.25) is 0 Å².